The van der Waals surface area contributed by atoms with Gasteiger partial charge in [0.1, 0.15) is 19.3 Å². The Labute approximate surface area is 607 Å². The average Bonchev–Trinajstić information content (AvgIpc) is 0.953. The molecule has 0 saturated carbocycles. The van der Waals surface area contributed by atoms with Gasteiger partial charge in [0.15, 0.2) is 12.2 Å². The molecular weight excluding hydrogens is 1310 g/mol. The Morgan fingerprint density at radius 2 is 0.530 bits per heavy atom. The molecule has 17 nitrogen and oxygen atoms in total. The third kappa shape index (κ3) is 72.1. The number of ether oxygens (including phenoxy) is 4. The molecule has 0 fully saturated rings. The van der Waals surface area contributed by atoms with E-state index in [4.69, 9.17) is 37.0 Å². The van der Waals surface area contributed by atoms with Crippen LogP contribution in [0.3, 0.4) is 0 Å². The number of carbonyl (C=O) groups excluding carboxylic acids is 4. The zero-order chi connectivity index (χ0) is 73.2. The van der Waals surface area contributed by atoms with Gasteiger partial charge in [-0.05, 0) is 141 Å². The maximum absolute atomic E-state index is 13.1. The van der Waals surface area contributed by atoms with E-state index in [1.54, 1.807) is 0 Å². The van der Waals surface area contributed by atoms with Crippen molar-refractivity contribution in [2.45, 2.75) is 341 Å². The van der Waals surface area contributed by atoms with Crippen LogP contribution in [0.1, 0.15) is 323 Å². The highest BCUT2D eigenvalue weighted by molar-refractivity contribution is 7.47. The van der Waals surface area contributed by atoms with Crippen molar-refractivity contribution < 1.29 is 80.2 Å². The summed E-state index contributed by atoms with van der Waals surface area (Å²) >= 11 is 0. The molecule has 0 radical (unpaired) electrons. The summed E-state index contributed by atoms with van der Waals surface area (Å²) in [5.41, 5.74) is 0. The first-order valence-corrected chi connectivity index (χ1v) is 42.1. The van der Waals surface area contributed by atoms with Gasteiger partial charge < -0.3 is 33.8 Å². The fourth-order valence-corrected chi connectivity index (χ4v) is 11.8. The molecule has 3 N–H and O–H groups in total. The first kappa shape index (κ1) is 95.7. The van der Waals surface area contributed by atoms with Crippen molar-refractivity contribution >= 4 is 39.5 Å². The monoisotopic (exact) mass is 1450 g/mol. The number of rotatable bonds is 73. The molecule has 5 atom stereocenters. The number of aliphatic hydroxyl groups excluding tert-OH is 1. The lowest BCUT2D eigenvalue weighted by molar-refractivity contribution is -0.161. The Balaban J connectivity index is 5.28. The van der Waals surface area contributed by atoms with Crippen LogP contribution in [-0.2, 0) is 65.4 Å². The predicted octanol–water partition coefficient (Wildman–Crippen LogP) is 22.6. The molecule has 0 saturated heterocycles. The number of hydrogen-bond acceptors (Lipinski definition) is 15. The first-order valence-electron chi connectivity index (χ1n) is 39.1. The van der Waals surface area contributed by atoms with Gasteiger partial charge in [-0.3, -0.25) is 37.3 Å². The largest absolute Gasteiger partial charge is 0.472 e. The van der Waals surface area contributed by atoms with Crippen LogP contribution in [0.4, 0.5) is 0 Å². The van der Waals surface area contributed by atoms with Gasteiger partial charge in [-0.1, -0.05) is 265 Å². The number of phosphoric acid groups is 2. The van der Waals surface area contributed by atoms with Crippen molar-refractivity contribution in [1.29, 1.82) is 0 Å². The Bertz CT molecular complexity index is 2320. The first-order chi connectivity index (χ1) is 48.7. The SMILES string of the molecule is CC/C=C\C/C=C\C/C=C\C/C=C\CCCCCCCCC(=O)OCC(COP(=O)(O)OCC(O)COP(=O)(O)OCC(COC(=O)CCCCCCCC/C=C\C/C=C\C/C=C\CCCCC)OC(=O)CCCCCCC/C=C\CCCC)OC(=O)CCCCCCC/C=C\CCCC. The van der Waals surface area contributed by atoms with Crippen molar-refractivity contribution in [2.24, 2.45) is 0 Å². The lowest BCUT2D eigenvalue weighted by Gasteiger charge is -2.21. The van der Waals surface area contributed by atoms with Crippen LogP contribution in [0.5, 0.6) is 0 Å². The zero-order valence-corrected chi connectivity index (χ0v) is 64.6. The highest BCUT2D eigenvalue weighted by atomic mass is 31.2. The van der Waals surface area contributed by atoms with Crippen LogP contribution < -0.4 is 0 Å². The number of carbonyl (C=O) groups is 4. The smallest absolute Gasteiger partial charge is 0.462 e. The Morgan fingerprint density at radius 1 is 0.290 bits per heavy atom. The van der Waals surface area contributed by atoms with E-state index in [-0.39, 0.29) is 25.7 Å². The van der Waals surface area contributed by atoms with Crippen LogP contribution >= 0.6 is 15.6 Å². The third-order valence-corrected chi connectivity index (χ3v) is 18.1. The summed E-state index contributed by atoms with van der Waals surface area (Å²) < 4.78 is 68.4. The van der Waals surface area contributed by atoms with E-state index >= 15 is 0 Å². The van der Waals surface area contributed by atoms with Crippen LogP contribution in [0.25, 0.3) is 0 Å². The quantitative estimate of drug-likeness (QED) is 0.0169. The molecular formula is C81H140O17P2. The fourth-order valence-electron chi connectivity index (χ4n) is 10.2. The number of phosphoric ester groups is 2. The molecule has 100 heavy (non-hydrogen) atoms. The highest BCUT2D eigenvalue weighted by Crippen LogP contribution is 2.45. The molecule has 0 spiro atoms. The molecule has 0 bridgehead atoms. The summed E-state index contributed by atoms with van der Waals surface area (Å²) in [5, 5.41) is 10.6. The van der Waals surface area contributed by atoms with Crippen molar-refractivity contribution in [3.8, 4) is 0 Å². The lowest BCUT2D eigenvalue weighted by Crippen LogP contribution is -2.30. The van der Waals surface area contributed by atoms with Gasteiger partial charge >= 0.3 is 39.5 Å². The number of aliphatic hydroxyl groups is 1. The third-order valence-electron chi connectivity index (χ3n) is 16.2. The average molecular weight is 1450 g/mol. The van der Waals surface area contributed by atoms with E-state index < -0.39 is 97.5 Å². The Hall–Kier alpha value is -4.28. The summed E-state index contributed by atoms with van der Waals surface area (Å²) in [4.78, 5) is 72.8. The minimum atomic E-state index is -4.98. The van der Waals surface area contributed by atoms with Crippen molar-refractivity contribution in [1.82, 2.24) is 0 Å². The van der Waals surface area contributed by atoms with Crippen LogP contribution in [0.2, 0.25) is 0 Å². The lowest BCUT2D eigenvalue weighted by atomic mass is 10.1. The van der Waals surface area contributed by atoms with Crippen LogP contribution in [-0.4, -0.2) is 96.7 Å². The standard InChI is InChI=1S/C81H140O17P2/c1-5-9-13-17-21-25-29-31-33-35-37-39-41-43-47-49-53-57-61-65-78(83)91-71-76(97-80(85)67-63-59-55-51-45-27-23-19-15-11-7-3)73-95-99(87,88)93-69-75(82)70-94-100(89,90)96-74-77(98-81(86)68-64-60-56-52-46-28-24-20-16-12-8-4)72-92-79(84)66-62-58-54-50-48-44-42-40-38-36-34-32-30-26-22-18-14-10-6-2/h9,13,19-26,31-34,37-40,75-77,82H,5-8,10-12,14-18,27-30,35-36,41-74H2,1-4H3,(H,87,88)(H,89,90)/b13-9-,23-19-,24-20-,25-21-,26-22-,33-31-,34-32-,39-37-,40-38-. The molecule has 0 aromatic rings. The van der Waals surface area contributed by atoms with E-state index in [9.17, 15) is 43.2 Å². The van der Waals surface area contributed by atoms with Gasteiger partial charge in [-0.2, -0.15) is 0 Å². The summed E-state index contributed by atoms with van der Waals surface area (Å²) in [6.07, 6.45) is 78.0. The van der Waals surface area contributed by atoms with Crippen LogP contribution in [0, 0.1) is 0 Å². The van der Waals surface area contributed by atoms with E-state index in [0.29, 0.717) is 25.7 Å². The molecule has 0 amide bonds. The molecule has 0 aliphatic heterocycles. The van der Waals surface area contributed by atoms with Gasteiger partial charge in [-0.15, -0.1) is 0 Å². The molecule has 5 unspecified atom stereocenters. The molecule has 576 valence electrons. The van der Waals surface area contributed by atoms with Gasteiger partial charge in [0, 0.05) is 25.7 Å². The molecule has 19 heteroatoms. The molecule has 0 aliphatic rings. The van der Waals surface area contributed by atoms with Gasteiger partial charge in [-0.25, -0.2) is 9.13 Å². The fraction of sp³-hybridized carbons (Fsp3) is 0.728. The zero-order valence-electron chi connectivity index (χ0n) is 62.8. The summed E-state index contributed by atoms with van der Waals surface area (Å²) in [6, 6.07) is 0. The maximum Gasteiger partial charge on any atom is 0.472 e. The minimum absolute atomic E-state index is 0.0799. The van der Waals surface area contributed by atoms with Crippen molar-refractivity contribution in [2.75, 3.05) is 39.6 Å². The number of unbranched alkanes of at least 4 members (excludes halogenated alkanes) is 29. The summed E-state index contributed by atoms with van der Waals surface area (Å²) in [6.45, 7) is 4.62. The van der Waals surface area contributed by atoms with E-state index in [0.717, 1.165) is 199 Å². The summed E-state index contributed by atoms with van der Waals surface area (Å²) in [5.74, 6) is -2.22. The predicted molar refractivity (Wildman–Crippen MR) is 408 cm³/mol. The van der Waals surface area contributed by atoms with E-state index in [2.05, 4.69) is 137 Å². The normalized spacial score (nSPS) is 14.5. The van der Waals surface area contributed by atoms with E-state index in [1.807, 2.05) is 0 Å². The second-order valence-electron chi connectivity index (χ2n) is 25.9. The molecule has 0 aromatic heterocycles. The van der Waals surface area contributed by atoms with Gasteiger partial charge in [0.05, 0.1) is 26.4 Å². The second-order valence-corrected chi connectivity index (χ2v) is 28.8. The highest BCUT2D eigenvalue weighted by Gasteiger charge is 2.30. The van der Waals surface area contributed by atoms with Crippen molar-refractivity contribution in [3.05, 3.63) is 109 Å². The Morgan fingerprint density at radius 3 is 0.840 bits per heavy atom. The van der Waals surface area contributed by atoms with Crippen molar-refractivity contribution in [3.63, 3.8) is 0 Å². The minimum Gasteiger partial charge on any atom is -0.462 e. The van der Waals surface area contributed by atoms with E-state index in [1.165, 1.54) is 44.9 Å². The Kier molecular flexibility index (Phi) is 69.9. The van der Waals surface area contributed by atoms with Crippen LogP contribution in [0.15, 0.2) is 109 Å². The molecule has 0 aromatic carbocycles. The van der Waals surface area contributed by atoms with Gasteiger partial charge in [0.2, 0.25) is 0 Å². The topological polar surface area (TPSA) is 237 Å². The summed E-state index contributed by atoms with van der Waals surface area (Å²) in [7, 11) is -9.96. The van der Waals surface area contributed by atoms with Gasteiger partial charge in [0.25, 0.3) is 0 Å². The molecule has 0 aliphatic carbocycles. The number of esters is 4. The maximum atomic E-state index is 13.1. The number of hydrogen-bond donors (Lipinski definition) is 3. The second kappa shape index (κ2) is 73.0. The molecule has 0 heterocycles. The molecule has 0 rings (SSSR count). The number of allylic oxidation sites excluding steroid dienone is 18.